The normalized spacial score (nSPS) is 10.8. The minimum atomic E-state index is -0.483. The van der Waals surface area contributed by atoms with Crippen LogP contribution in [-0.2, 0) is 9.47 Å². The van der Waals surface area contributed by atoms with Crippen molar-refractivity contribution in [2.75, 3.05) is 13.2 Å². The number of carbonyl (C=O) groups is 2. The molecular weight excluding hydrogens is 280 g/mol. The summed E-state index contributed by atoms with van der Waals surface area (Å²) >= 11 is 0. The van der Waals surface area contributed by atoms with Crippen LogP contribution in [0.15, 0.2) is 24.3 Å². The fourth-order valence-corrected chi connectivity index (χ4v) is 1.95. The topological polar surface area (TPSA) is 52.6 Å². The zero-order chi connectivity index (χ0) is 16.5. The standard InChI is InChI=1S/C18H26O4/c1-5-14(6-2)12-22-18(20)16-10-8-7-9-15(16)17(19)21-11-13(3)4/h7-10,13-14H,5-6,11-12H2,1-4H3. The lowest BCUT2D eigenvalue weighted by Crippen LogP contribution is -2.18. The third-order valence-electron chi connectivity index (χ3n) is 3.52. The molecule has 0 bridgehead atoms. The van der Waals surface area contributed by atoms with Crippen molar-refractivity contribution in [3.8, 4) is 0 Å². The first kappa shape index (κ1) is 18.2. The summed E-state index contributed by atoms with van der Waals surface area (Å²) in [4.78, 5) is 24.3. The molecule has 0 aliphatic rings. The molecular formula is C18H26O4. The van der Waals surface area contributed by atoms with Gasteiger partial charge in [-0.05, 0) is 24.0 Å². The van der Waals surface area contributed by atoms with E-state index < -0.39 is 11.9 Å². The van der Waals surface area contributed by atoms with E-state index in [-0.39, 0.29) is 17.0 Å². The molecule has 1 aromatic rings. The van der Waals surface area contributed by atoms with Gasteiger partial charge in [-0.15, -0.1) is 0 Å². The Morgan fingerprint density at radius 2 is 1.36 bits per heavy atom. The monoisotopic (exact) mass is 306 g/mol. The van der Waals surface area contributed by atoms with Gasteiger partial charge in [0, 0.05) is 0 Å². The first-order valence-electron chi connectivity index (χ1n) is 7.92. The minimum Gasteiger partial charge on any atom is -0.462 e. The molecule has 0 fully saturated rings. The summed E-state index contributed by atoms with van der Waals surface area (Å²) in [5, 5.41) is 0. The van der Waals surface area contributed by atoms with E-state index in [2.05, 4.69) is 13.8 Å². The van der Waals surface area contributed by atoms with Crippen molar-refractivity contribution in [2.45, 2.75) is 40.5 Å². The molecule has 4 nitrogen and oxygen atoms in total. The third-order valence-corrected chi connectivity index (χ3v) is 3.52. The number of carbonyl (C=O) groups excluding carboxylic acids is 2. The average molecular weight is 306 g/mol. The summed E-state index contributed by atoms with van der Waals surface area (Å²) < 4.78 is 10.5. The van der Waals surface area contributed by atoms with Gasteiger partial charge in [0.15, 0.2) is 0 Å². The Labute approximate surface area is 132 Å². The van der Waals surface area contributed by atoms with Crippen LogP contribution in [0.2, 0.25) is 0 Å². The second-order valence-electron chi connectivity index (χ2n) is 5.82. The molecule has 4 heteroatoms. The summed E-state index contributed by atoms with van der Waals surface area (Å²) in [6.45, 7) is 8.77. The lowest BCUT2D eigenvalue weighted by Gasteiger charge is -2.14. The molecule has 0 N–H and O–H groups in total. The Kier molecular flexibility index (Phi) is 7.64. The maximum Gasteiger partial charge on any atom is 0.339 e. The van der Waals surface area contributed by atoms with Crippen LogP contribution in [0.1, 0.15) is 61.3 Å². The fourth-order valence-electron chi connectivity index (χ4n) is 1.95. The van der Waals surface area contributed by atoms with E-state index in [1.165, 1.54) is 0 Å². The van der Waals surface area contributed by atoms with Gasteiger partial charge in [-0.2, -0.15) is 0 Å². The van der Waals surface area contributed by atoms with Crippen molar-refractivity contribution in [3.05, 3.63) is 35.4 Å². The lowest BCUT2D eigenvalue weighted by atomic mass is 10.0. The molecule has 1 aromatic carbocycles. The molecule has 122 valence electrons. The second-order valence-corrected chi connectivity index (χ2v) is 5.82. The highest BCUT2D eigenvalue weighted by Crippen LogP contribution is 2.15. The highest BCUT2D eigenvalue weighted by atomic mass is 16.5. The lowest BCUT2D eigenvalue weighted by molar-refractivity contribution is 0.0397. The Hall–Kier alpha value is -1.84. The molecule has 0 saturated heterocycles. The van der Waals surface area contributed by atoms with E-state index in [1.807, 2.05) is 13.8 Å². The van der Waals surface area contributed by atoms with Gasteiger partial charge < -0.3 is 9.47 Å². The number of benzene rings is 1. The van der Waals surface area contributed by atoms with Crippen molar-refractivity contribution in [1.29, 1.82) is 0 Å². The molecule has 0 atom stereocenters. The van der Waals surface area contributed by atoms with Crippen LogP contribution in [0.3, 0.4) is 0 Å². The van der Waals surface area contributed by atoms with E-state index in [9.17, 15) is 9.59 Å². The predicted octanol–water partition coefficient (Wildman–Crippen LogP) is 4.09. The summed E-state index contributed by atoms with van der Waals surface area (Å²) in [5.41, 5.74) is 0.528. The predicted molar refractivity (Wildman–Crippen MR) is 85.9 cm³/mol. The molecule has 22 heavy (non-hydrogen) atoms. The van der Waals surface area contributed by atoms with Crippen LogP contribution >= 0.6 is 0 Å². The molecule has 0 saturated carbocycles. The van der Waals surface area contributed by atoms with Gasteiger partial charge in [0.05, 0.1) is 24.3 Å². The first-order valence-corrected chi connectivity index (χ1v) is 7.92. The molecule has 0 aliphatic heterocycles. The maximum absolute atomic E-state index is 12.2. The Morgan fingerprint density at radius 1 is 0.909 bits per heavy atom. The Bertz CT molecular complexity index is 490. The number of esters is 2. The maximum atomic E-state index is 12.2. The van der Waals surface area contributed by atoms with Crippen molar-refractivity contribution < 1.29 is 19.1 Å². The van der Waals surface area contributed by atoms with Crippen molar-refractivity contribution in [1.82, 2.24) is 0 Å². The Morgan fingerprint density at radius 3 is 1.77 bits per heavy atom. The number of rotatable bonds is 8. The van der Waals surface area contributed by atoms with Crippen molar-refractivity contribution in [3.63, 3.8) is 0 Å². The van der Waals surface area contributed by atoms with E-state index in [0.29, 0.717) is 19.1 Å². The first-order chi connectivity index (χ1) is 10.5. The quantitative estimate of drug-likeness (QED) is 0.679. The largest absolute Gasteiger partial charge is 0.462 e. The van der Waals surface area contributed by atoms with Gasteiger partial charge in [0.25, 0.3) is 0 Å². The average Bonchev–Trinajstić information content (AvgIpc) is 2.53. The van der Waals surface area contributed by atoms with Crippen LogP contribution in [-0.4, -0.2) is 25.2 Å². The number of hydrogen-bond acceptors (Lipinski definition) is 4. The zero-order valence-electron chi connectivity index (χ0n) is 13.9. The second kappa shape index (κ2) is 9.23. The van der Waals surface area contributed by atoms with E-state index in [1.54, 1.807) is 24.3 Å². The van der Waals surface area contributed by atoms with Gasteiger partial charge >= 0.3 is 11.9 Å². The highest BCUT2D eigenvalue weighted by molar-refractivity contribution is 6.03. The zero-order valence-corrected chi connectivity index (χ0v) is 13.9. The van der Waals surface area contributed by atoms with Crippen molar-refractivity contribution >= 4 is 11.9 Å². The van der Waals surface area contributed by atoms with E-state index >= 15 is 0 Å². The molecule has 0 spiro atoms. The van der Waals surface area contributed by atoms with Crippen LogP contribution in [0, 0.1) is 11.8 Å². The van der Waals surface area contributed by atoms with Crippen LogP contribution in [0.25, 0.3) is 0 Å². The molecule has 0 amide bonds. The number of hydrogen-bond donors (Lipinski definition) is 0. The van der Waals surface area contributed by atoms with E-state index in [4.69, 9.17) is 9.47 Å². The van der Waals surface area contributed by atoms with E-state index in [0.717, 1.165) is 12.8 Å². The van der Waals surface area contributed by atoms with Crippen LogP contribution < -0.4 is 0 Å². The molecule has 0 heterocycles. The molecule has 0 unspecified atom stereocenters. The molecule has 0 aliphatic carbocycles. The van der Waals surface area contributed by atoms with Gasteiger partial charge in [-0.25, -0.2) is 9.59 Å². The minimum absolute atomic E-state index is 0.248. The SMILES string of the molecule is CCC(CC)COC(=O)c1ccccc1C(=O)OCC(C)C. The summed E-state index contributed by atoms with van der Waals surface area (Å²) in [6.07, 6.45) is 1.92. The van der Waals surface area contributed by atoms with Gasteiger partial charge in [0.2, 0.25) is 0 Å². The van der Waals surface area contributed by atoms with Crippen LogP contribution in [0.4, 0.5) is 0 Å². The molecule has 0 aromatic heterocycles. The summed E-state index contributed by atoms with van der Waals surface area (Å²) in [7, 11) is 0. The summed E-state index contributed by atoms with van der Waals surface area (Å²) in [5.74, 6) is -0.352. The molecule has 1 rings (SSSR count). The highest BCUT2D eigenvalue weighted by Gasteiger charge is 2.20. The van der Waals surface area contributed by atoms with Gasteiger partial charge in [0.1, 0.15) is 0 Å². The van der Waals surface area contributed by atoms with Crippen LogP contribution in [0.5, 0.6) is 0 Å². The van der Waals surface area contributed by atoms with Gasteiger partial charge in [-0.3, -0.25) is 0 Å². The summed E-state index contributed by atoms with van der Waals surface area (Å²) in [6, 6.07) is 6.62. The fraction of sp³-hybridized carbons (Fsp3) is 0.556. The van der Waals surface area contributed by atoms with Gasteiger partial charge in [-0.1, -0.05) is 52.7 Å². The number of ether oxygens (including phenoxy) is 2. The smallest absolute Gasteiger partial charge is 0.339 e. The molecule has 0 radical (unpaired) electrons. The van der Waals surface area contributed by atoms with Crippen molar-refractivity contribution in [2.24, 2.45) is 11.8 Å². The Balaban J connectivity index is 2.78. The third kappa shape index (κ3) is 5.51.